The predicted octanol–water partition coefficient (Wildman–Crippen LogP) is 1.76. The van der Waals surface area contributed by atoms with E-state index in [1.807, 2.05) is 25.1 Å². The van der Waals surface area contributed by atoms with Crippen LogP contribution in [0.1, 0.15) is 17.0 Å². The fourth-order valence-electron chi connectivity index (χ4n) is 1.60. The minimum absolute atomic E-state index is 0.154. The average molecular weight is 289 g/mol. The molecule has 2 N–H and O–H groups in total. The second kappa shape index (κ2) is 6.98. The number of nitrogens with zero attached hydrogens (tertiary/aromatic N) is 2. The van der Waals surface area contributed by atoms with Gasteiger partial charge < -0.3 is 9.84 Å². The van der Waals surface area contributed by atoms with Gasteiger partial charge in [0.2, 0.25) is 5.16 Å². The molecule has 2 rings (SSSR count). The number of ether oxygens (including phenoxy) is 1. The molecule has 0 saturated heterocycles. The molecule has 1 aromatic heterocycles. The lowest BCUT2D eigenvalue weighted by Crippen LogP contribution is -1.92. The molecule has 0 bridgehead atoms. The molecule has 0 amide bonds. The Labute approximate surface area is 121 Å². The lowest BCUT2D eigenvalue weighted by atomic mass is 10.1. The smallest absolute Gasteiger partial charge is 0.208 e. The van der Waals surface area contributed by atoms with Crippen molar-refractivity contribution in [2.45, 2.75) is 17.8 Å². The highest BCUT2D eigenvalue weighted by molar-refractivity contribution is 7.98. The summed E-state index contributed by atoms with van der Waals surface area (Å²) in [6, 6.07) is 5.68. The monoisotopic (exact) mass is 289 g/mol. The number of rotatable bonds is 4. The summed E-state index contributed by atoms with van der Waals surface area (Å²) < 4.78 is 5.23. The number of benzene rings is 1. The van der Waals surface area contributed by atoms with Gasteiger partial charge in [-0.15, -0.1) is 5.10 Å². The molecule has 1 aromatic carbocycles. The first-order valence-corrected chi connectivity index (χ1v) is 7.00. The van der Waals surface area contributed by atoms with Gasteiger partial charge in [-0.25, -0.2) is 4.98 Å². The Morgan fingerprint density at radius 3 is 2.95 bits per heavy atom. The highest BCUT2D eigenvalue weighted by atomic mass is 32.2. The van der Waals surface area contributed by atoms with Gasteiger partial charge in [-0.05, 0) is 30.7 Å². The van der Waals surface area contributed by atoms with E-state index < -0.39 is 0 Å². The summed E-state index contributed by atoms with van der Waals surface area (Å²) in [4.78, 5) is 4.25. The van der Waals surface area contributed by atoms with E-state index in [2.05, 4.69) is 27.0 Å². The summed E-state index contributed by atoms with van der Waals surface area (Å²) in [5.74, 6) is 7.85. The molecule has 20 heavy (non-hydrogen) atoms. The summed E-state index contributed by atoms with van der Waals surface area (Å²) in [6.45, 7) is 1.71. The zero-order chi connectivity index (χ0) is 14.4. The van der Waals surface area contributed by atoms with Crippen LogP contribution < -0.4 is 4.74 Å². The second-order valence-electron chi connectivity index (χ2n) is 3.98. The normalized spacial score (nSPS) is 9.95. The van der Waals surface area contributed by atoms with Crippen LogP contribution in [0.15, 0.2) is 23.4 Å². The molecule has 0 aliphatic rings. The van der Waals surface area contributed by atoms with Gasteiger partial charge in [0, 0.05) is 11.3 Å². The van der Waals surface area contributed by atoms with Crippen LogP contribution in [-0.4, -0.2) is 34.0 Å². The molecule has 104 valence electrons. The fourth-order valence-corrected chi connectivity index (χ4v) is 2.44. The summed E-state index contributed by atoms with van der Waals surface area (Å²) in [6.07, 6.45) is 0. The first kappa shape index (κ1) is 14.4. The number of aliphatic hydroxyl groups is 1. The van der Waals surface area contributed by atoms with E-state index in [9.17, 15) is 0 Å². The van der Waals surface area contributed by atoms with Crippen LogP contribution in [0.4, 0.5) is 0 Å². The molecule has 0 fully saturated rings. The van der Waals surface area contributed by atoms with Crippen molar-refractivity contribution >= 4 is 11.8 Å². The van der Waals surface area contributed by atoms with E-state index in [-0.39, 0.29) is 6.61 Å². The van der Waals surface area contributed by atoms with Crippen LogP contribution in [0.25, 0.3) is 0 Å². The zero-order valence-corrected chi connectivity index (χ0v) is 12.1. The Morgan fingerprint density at radius 2 is 2.30 bits per heavy atom. The third-order valence-corrected chi connectivity index (χ3v) is 3.44. The van der Waals surface area contributed by atoms with Crippen molar-refractivity contribution in [3.05, 3.63) is 35.2 Å². The van der Waals surface area contributed by atoms with Crippen molar-refractivity contribution in [1.29, 1.82) is 0 Å². The predicted molar refractivity (Wildman–Crippen MR) is 77.6 cm³/mol. The quantitative estimate of drug-likeness (QED) is 0.663. The molecule has 6 heteroatoms. The van der Waals surface area contributed by atoms with E-state index in [0.29, 0.717) is 10.9 Å². The van der Waals surface area contributed by atoms with Crippen LogP contribution in [-0.2, 0) is 5.75 Å². The first-order chi connectivity index (χ1) is 9.72. The highest BCUT2D eigenvalue weighted by Crippen LogP contribution is 2.24. The molecule has 0 radical (unpaired) electrons. The minimum atomic E-state index is -0.154. The zero-order valence-electron chi connectivity index (χ0n) is 11.3. The first-order valence-electron chi connectivity index (χ1n) is 6.01. The highest BCUT2D eigenvalue weighted by Gasteiger charge is 2.06. The van der Waals surface area contributed by atoms with Gasteiger partial charge in [-0.3, -0.25) is 5.10 Å². The van der Waals surface area contributed by atoms with Gasteiger partial charge in [0.15, 0.2) is 0 Å². The molecule has 0 spiro atoms. The minimum Gasteiger partial charge on any atom is -0.497 e. The van der Waals surface area contributed by atoms with Crippen molar-refractivity contribution in [1.82, 2.24) is 15.2 Å². The largest absolute Gasteiger partial charge is 0.497 e. The third-order valence-electron chi connectivity index (χ3n) is 2.55. The molecule has 1 heterocycles. The average Bonchev–Trinajstić information content (AvgIpc) is 2.89. The van der Waals surface area contributed by atoms with Crippen LogP contribution >= 0.6 is 11.8 Å². The van der Waals surface area contributed by atoms with Crippen molar-refractivity contribution in [3.63, 3.8) is 0 Å². The van der Waals surface area contributed by atoms with Crippen LogP contribution in [0.3, 0.4) is 0 Å². The van der Waals surface area contributed by atoms with Crippen molar-refractivity contribution in [3.8, 4) is 17.6 Å². The number of aromatic amines is 1. The SMILES string of the molecule is COc1ccc(C#CCO)c(CSc2n[nH]c(C)n2)c1. The van der Waals surface area contributed by atoms with Gasteiger partial charge in [0.25, 0.3) is 0 Å². The number of methoxy groups -OCH3 is 1. The van der Waals surface area contributed by atoms with Crippen molar-refractivity contribution in [2.24, 2.45) is 0 Å². The van der Waals surface area contributed by atoms with E-state index >= 15 is 0 Å². The van der Waals surface area contributed by atoms with Gasteiger partial charge in [0.05, 0.1) is 7.11 Å². The Balaban J connectivity index is 2.18. The molecule has 0 aliphatic heterocycles. The van der Waals surface area contributed by atoms with Crippen LogP contribution in [0, 0.1) is 18.8 Å². The number of hydrogen-bond donors (Lipinski definition) is 2. The molecule has 0 saturated carbocycles. The maximum absolute atomic E-state index is 8.80. The van der Waals surface area contributed by atoms with Gasteiger partial charge in [-0.2, -0.15) is 0 Å². The lowest BCUT2D eigenvalue weighted by molar-refractivity contribution is 0.350. The number of hydrogen-bond acceptors (Lipinski definition) is 5. The number of nitrogens with one attached hydrogen (secondary N) is 1. The van der Waals surface area contributed by atoms with E-state index in [1.165, 1.54) is 11.8 Å². The van der Waals surface area contributed by atoms with Crippen LogP contribution in [0.5, 0.6) is 5.75 Å². The van der Waals surface area contributed by atoms with E-state index in [0.717, 1.165) is 22.7 Å². The molecule has 0 atom stereocenters. The number of aromatic nitrogens is 3. The Morgan fingerprint density at radius 1 is 1.45 bits per heavy atom. The van der Waals surface area contributed by atoms with Gasteiger partial charge in [-0.1, -0.05) is 23.6 Å². The topological polar surface area (TPSA) is 71.0 Å². The van der Waals surface area contributed by atoms with Gasteiger partial charge in [0.1, 0.15) is 18.2 Å². The number of aliphatic hydroxyl groups excluding tert-OH is 1. The third kappa shape index (κ3) is 3.76. The van der Waals surface area contributed by atoms with Crippen molar-refractivity contribution in [2.75, 3.05) is 13.7 Å². The van der Waals surface area contributed by atoms with Crippen LogP contribution in [0.2, 0.25) is 0 Å². The van der Waals surface area contributed by atoms with E-state index in [1.54, 1.807) is 7.11 Å². The number of aryl methyl sites for hydroxylation is 1. The summed E-state index contributed by atoms with van der Waals surface area (Å²) >= 11 is 1.52. The maximum Gasteiger partial charge on any atom is 0.208 e. The molecule has 2 aromatic rings. The summed E-state index contributed by atoms with van der Waals surface area (Å²) in [5, 5.41) is 16.4. The Bertz CT molecular complexity index is 643. The number of H-pyrrole nitrogens is 1. The lowest BCUT2D eigenvalue weighted by Gasteiger charge is -2.06. The fraction of sp³-hybridized carbons (Fsp3) is 0.286. The maximum atomic E-state index is 8.80. The summed E-state index contributed by atoms with van der Waals surface area (Å²) in [7, 11) is 1.63. The summed E-state index contributed by atoms with van der Waals surface area (Å²) in [5.41, 5.74) is 1.90. The standard InChI is InChI=1S/C14H15N3O2S/c1-10-15-14(17-16-10)20-9-12-8-13(19-2)6-5-11(12)4-3-7-18/h5-6,8,18H,7,9H2,1-2H3,(H,15,16,17). The molecule has 0 unspecified atom stereocenters. The molecule has 0 aliphatic carbocycles. The van der Waals surface area contributed by atoms with E-state index in [4.69, 9.17) is 9.84 Å². The molecular formula is C14H15N3O2S. The molecule has 5 nitrogen and oxygen atoms in total. The van der Waals surface area contributed by atoms with Crippen molar-refractivity contribution < 1.29 is 9.84 Å². The number of thioether (sulfide) groups is 1. The molecular weight excluding hydrogens is 274 g/mol. The Hall–Kier alpha value is -1.97. The Kier molecular flexibility index (Phi) is 5.04. The second-order valence-corrected chi connectivity index (χ2v) is 4.92. The van der Waals surface area contributed by atoms with Gasteiger partial charge >= 0.3 is 0 Å².